The molecule has 4 aromatic rings. The fraction of sp³-hybridized carbons (Fsp3) is 0.174. The van der Waals surface area contributed by atoms with Crippen LogP contribution >= 0.6 is 0 Å². The number of H-pyrrole nitrogens is 1. The van der Waals surface area contributed by atoms with Crippen molar-refractivity contribution in [3.8, 4) is 34.1 Å². The highest BCUT2D eigenvalue weighted by Crippen LogP contribution is 2.35. The van der Waals surface area contributed by atoms with Gasteiger partial charge in [-0.05, 0) is 37.3 Å². The molecule has 34 heavy (non-hydrogen) atoms. The van der Waals surface area contributed by atoms with Crippen LogP contribution in [0, 0.1) is 18.7 Å². The summed E-state index contributed by atoms with van der Waals surface area (Å²) in [6.07, 6.45) is -2.77. The van der Waals surface area contributed by atoms with E-state index in [0.717, 1.165) is 0 Å². The van der Waals surface area contributed by atoms with Crippen molar-refractivity contribution in [3.05, 3.63) is 77.5 Å². The summed E-state index contributed by atoms with van der Waals surface area (Å²) in [6, 6.07) is 8.00. The number of halogens is 5. The van der Waals surface area contributed by atoms with E-state index >= 15 is 0 Å². The van der Waals surface area contributed by atoms with Gasteiger partial charge in [0.15, 0.2) is 0 Å². The molecule has 0 amide bonds. The standard InChI is InChI=1S/C23H17F5N4O2/c1-12-21(32-22(31-12)13-3-6-20(25)30-9-13)16-5-4-15(8-19(16)33-2)34-11-18-17(24)7-14(10-29-18)23(26,27)28/h3-10H,11H2,1-2H3,(H,31,32). The highest BCUT2D eigenvalue weighted by molar-refractivity contribution is 5.73. The molecule has 0 spiro atoms. The Morgan fingerprint density at radius 2 is 1.79 bits per heavy atom. The van der Waals surface area contributed by atoms with Crippen molar-refractivity contribution in [2.45, 2.75) is 19.7 Å². The average molecular weight is 476 g/mol. The van der Waals surface area contributed by atoms with Gasteiger partial charge in [-0.3, -0.25) is 4.98 Å². The van der Waals surface area contributed by atoms with Gasteiger partial charge < -0.3 is 14.5 Å². The molecule has 0 bridgehead atoms. The van der Waals surface area contributed by atoms with Gasteiger partial charge in [0.2, 0.25) is 5.95 Å². The van der Waals surface area contributed by atoms with E-state index in [-0.39, 0.29) is 12.3 Å². The molecule has 6 nitrogen and oxygen atoms in total. The lowest BCUT2D eigenvalue weighted by atomic mass is 10.1. The lowest BCUT2D eigenvalue weighted by Gasteiger charge is -2.12. The largest absolute Gasteiger partial charge is 0.496 e. The van der Waals surface area contributed by atoms with E-state index in [2.05, 4.69) is 19.9 Å². The van der Waals surface area contributed by atoms with Gasteiger partial charge in [-0.15, -0.1) is 0 Å². The van der Waals surface area contributed by atoms with E-state index in [1.54, 1.807) is 31.2 Å². The number of nitrogens with one attached hydrogen (secondary N) is 1. The van der Waals surface area contributed by atoms with Crippen LogP contribution in [0.15, 0.2) is 48.8 Å². The Kier molecular flexibility index (Phi) is 6.18. The monoisotopic (exact) mass is 476 g/mol. The SMILES string of the molecule is COc1cc(OCc2ncc(C(F)(F)F)cc2F)ccc1-c1[nH]c(-c2ccc(F)nc2)nc1C. The maximum Gasteiger partial charge on any atom is 0.417 e. The molecular formula is C23H17F5N4O2. The highest BCUT2D eigenvalue weighted by atomic mass is 19.4. The van der Waals surface area contributed by atoms with Crippen LogP contribution in [0.5, 0.6) is 11.5 Å². The third-order valence-electron chi connectivity index (χ3n) is 4.95. The van der Waals surface area contributed by atoms with E-state index in [4.69, 9.17) is 9.47 Å². The molecule has 0 aliphatic carbocycles. The smallest absolute Gasteiger partial charge is 0.417 e. The number of alkyl halides is 3. The third-order valence-corrected chi connectivity index (χ3v) is 4.95. The molecule has 4 rings (SSSR count). The number of methoxy groups -OCH3 is 1. The summed E-state index contributed by atoms with van der Waals surface area (Å²) >= 11 is 0. The number of benzene rings is 1. The van der Waals surface area contributed by atoms with Gasteiger partial charge in [0.1, 0.15) is 35.4 Å². The van der Waals surface area contributed by atoms with Gasteiger partial charge in [-0.2, -0.15) is 17.6 Å². The Labute approximate surface area is 190 Å². The summed E-state index contributed by atoms with van der Waals surface area (Å²) in [5.41, 5.74) is 1.12. The van der Waals surface area contributed by atoms with Crippen molar-refractivity contribution in [2.75, 3.05) is 7.11 Å². The lowest BCUT2D eigenvalue weighted by Crippen LogP contribution is -2.09. The number of pyridine rings is 2. The van der Waals surface area contributed by atoms with Crippen LogP contribution < -0.4 is 9.47 Å². The molecule has 11 heteroatoms. The molecule has 0 unspecified atom stereocenters. The summed E-state index contributed by atoms with van der Waals surface area (Å²) in [5.74, 6) is -0.521. The highest BCUT2D eigenvalue weighted by Gasteiger charge is 2.32. The molecule has 1 aromatic carbocycles. The fourth-order valence-electron chi connectivity index (χ4n) is 3.22. The van der Waals surface area contributed by atoms with E-state index in [1.165, 1.54) is 19.4 Å². The topological polar surface area (TPSA) is 72.9 Å². The zero-order valence-corrected chi connectivity index (χ0v) is 17.9. The Morgan fingerprint density at radius 1 is 1.00 bits per heavy atom. The number of aromatic nitrogens is 4. The Hall–Kier alpha value is -4.02. The Bertz CT molecular complexity index is 1320. The van der Waals surface area contributed by atoms with Crippen molar-refractivity contribution >= 4 is 0 Å². The summed E-state index contributed by atoms with van der Waals surface area (Å²) in [7, 11) is 1.45. The van der Waals surface area contributed by atoms with Crippen molar-refractivity contribution in [1.29, 1.82) is 0 Å². The number of hydrogen-bond acceptors (Lipinski definition) is 5. The lowest BCUT2D eigenvalue weighted by molar-refractivity contribution is -0.138. The molecule has 0 fully saturated rings. The molecule has 3 heterocycles. The number of nitrogens with zero attached hydrogens (tertiary/aromatic N) is 3. The minimum Gasteiger partial charge on any atom is -0.496 e. The van der Waals surface area contributed by atoms with Crippen molar-refractivity contribution in [2.24, 2.45) is 0 Å². The predicted octanol–water partition coefficient (Wildman–Crippen LogP) is 5.73. The molecule has 0 saturated heterocycles. The first kappa shape index (κ1) is 23.1. The van der Waals surface area contributed by atoms with Crippen LogP contribution in [0.25, 0.3) is 22.6 Å². The third kappa shape index (κ3) is 4.82. The zero-order valence-electron chi connectivity index (χ0n) is 17.9. The summed E-state index contributed by atoms with van der Waals surface area (Å²) < 4.78 is 76.1. The maximum atomic E-state index is 14.0. The quantitative estimate of drug-likeness (QED) is 0.284. The number of aryl methyl sites for hydroxylation is 1. The van der Waals surface area contributed by atoms with Gasteiger partial charge >= 0.3 is 6.18 Å². The molecule has 0 aliphatic heterocycles. The minimum atomic E-state index is -4.69. The number of hydrogen-bond donors (Lipinski definition) is 1. The van der Waals surface area contributed by atoms with Gasteiger partial charge in [0.25, 0.3) is 0 Å². The van der Waals surface area contributed by atoms with E-state index in [1.807, 2.05) is 0 Å². The summed E-state index contributed by atoms with van der Waals surface area (Å²) in [6.45, 7) is 1.41. The van der Waals surface area contributed by atoms with Gasteiger partial charge in [0, 0.05) is 29.6 Å². The van der Waals surface area contributed by atoms with Crippen molar-refractivity contribution in [1.82, 2.24) is 19.9 Å². The second-order valence-electron chi connectivity index (χ2n) is 7.22. The minimum absolute atomic E-state index is 0.266. The Balaban J connectivity index is 1.55. The second kappa shape index (κ2) is 9.08. The van der Waals surface area contributed by atoms with Gasteiger partial charge in [0.05, 0.1) is 24.1 Å². The van der Waals surface area contributed by atoms with Crippen LogP contribution in [0.4, 0.5) is 22.0 Å². The number of ether oxygens (including phenoxy) is 2. The first-order chi connectivity index (χ1) is 16.2. The molecule has 0 aliphatic rings. The van der Waals surface area contributed by atoms with Crippen LogP contribution in [-0.2, 0) is 12.8 Å². The molecule has 0 saturated carbocycles. The average Bonchev–Trinajstić information content (AvgIpc) is 3.19. The van der Waals surface area contributed by atoms with Gasteiger partial charge in [-0.25, -0.2) is 14.4 Å². The normalized spacial score (nSPS) is 11.5. The van der Waals surface area contributed by atoms with E-state index in [9.17, 15) is 22.0 Å². The van der Waals surface area contributed by atoms with E-state index < -0.39 is 23.5 Å². The van der Waals surface area contributed by atoms with Crippen LogP contribution in [0.2, 0.25) is 0 Å². The second-order valence-corrected chi connectivity index (χ2v) is 7.22. The van der Waals surface area contributed by atoms with Crippen LogP contribution in [-0.4, -0.2) is 27.0 Å². The molecule has 0 atom stereocenters. The van der Waals surface area contributed by atoms with Crippen molar-refractivity contribution < 1.29 is 31.4 Å². The van der Waals surface area contributed by atoms with Crippen LogP contribution in [0.1, 0.15) is 17.0 Å². The van der Waals surface area contributed by atoms with E-state index in [0.29, 0.717) is 52.1 Å². The van der Waals surface area contributed by atoms with Crippen molar-refractivity contribution in [3.63, 3.8) is 0 Å². The molecule has 1 N–H and O–H groups in total. The van der Waals surface area contributed by atoms with Crippen LogP contribution in [0.3, 0.4) is 0 Å². The molecular weight excluding hydrogens is 459 g/mol. The number of rotatable bonds is 6. The number of imidazole rings is 1. The maximum absolute atomic E-state index is 14.0. The molecule has 0 radical (unpaired) electrons. The summed E-state index contributed by atoms with van der Waals surface area (Å²) in [4.78, 5) is 14.8. The molecule has 176 valence electrons. The van der Waals surface area contributed by atoms with Gasteiger partial charge in [-0.1, -0.05) is 0 Å². The Morgan fingerprint density at radius 3 is 2.44 bits per heavy atom. The number of aromatic amines is 1. The first-order valence-electron chi connectivity index (χ1n) is 9.87. The zero-order chi connectivity index (χ0) is 24.5. The predicted molar refractivity (Wildman–Crippen MR) is 112 cm³/mol. The summed E-state index contributed by atoms with van der Waals surface area (Å²) in [5, 5.41) is 0. The fourth-order valence-corrected chi connectivity index (χ4v) is 3.22. The first-order valence-corrected chi connectivity index (χ1v) is 9.87. The molecule has 3 aromatic heterocycles.